The summed E-state index contributed by atoms with van der Waals surface area (Å²) in [4.78, 5) is 0. The molecule has 3 unspecified atom stereocenters. The summed E-state index contributed by atoms with van der Waals surface area (Å²) in [5.74, 6) is 0.641. The molecule has 0 aliphatic carbocycles. The fraction of sp³-hybridized carbons (Fsp3) is 1.00. The zero-order chi connectivity index (χ0) is 7.84. The molecule has 4 nitrogen and oxygen atoms in total. The molecular formula is C6H10O4S. The summed E-state index contributed by atoms with van der Waals surface area (Å²) in [6.07, 6.45) is -1.78. The van der Waals surface area contributed by atoms with Crippen LogP contribution in [0.5, 0.6) is 0 Å². The van der Waals surface area contributed by atoms with Crippen molar-refractivity contribution in [3.63, 3.8) is 0 Å². The zero-order valence-electron chi connectivity index (χ0n) is 5.84. The number of thioether (sulfide) groups is 1. The van der Waals surface area contributed by atoms with E-state index in [1.54, 1.807) is 11.8 Å². The molecule has 2 aliphatic rings. The Balaban J connectivity index is 2.03. The predicted molar refractivity (Wildman–Crippen MR) is 39.1 cm³/mol. The van der Waals surface area contributed by atoms with E-state index in [4.69, 9.17) is 19.7 Å². The fourth-order valence-corrected chi connectivity index (χ4v) is 2.60. The topological polar surface area (TPSA) is 58.9 Å². The van der Waals surface area contributed by atoms with Crippen molar-refractivity contribution in [1.82, 2.24) is 0 Å². The standard InChI is InChI=1S/C6H10O4S/c7-6(8)4-5-3(1-9-4)10-2-11-5/h3-8H,1-2H2. The molecule has 0 spiro atoms. The molecule has 3 atom stereocenters. The number of hydrogen-bond acceptors (Lipinski definition) is 5. The van der Waals surface area contributed by atoms with Crippen LogP contribution in [0.1, 0.15) is 0 Å². The van der Waals surface area contributed by atoms with Crippen LogP contribution in [-0.2, 0) is 9.47 Å². The zero-order valence-corrected chi connectivity index (χ0v) is 6.66. The summed E-state index contributed by atoms with van der Waals surface area (Å²) in [5, 5.41) is 17.8. The van der Waals surface area contributed by atoms with Crippen molar-refractivity contribution in [1.29, 1.82) is 0 Å². The SMILES string of the molecule is OC(O)C1OCC2OCSC21. The van der Waals surface area contributed by atoms with E-state index in [0.29, 0.717) is 12.5 Å². The van der Waals surface area contributed by atoms with E-state index in [1.165, 1.54) is 0 Å². The van der Waals surface area contributed by atoms with E-state index in [0.717, 1.165) is 0 Å². The van der Waals surface area contributed by atoms with E-state index in [-0.39, 0.29) is 11.4 Å². The van der Waals surface area contributed by atoms with Gasteiger partial charge in [0.05, 0.1) is 23.9 Å². The second-order valence-electron chi connectivity index (χ2n) is 2.67. The third kappa shape index (κ3) is 1.27. The molecule has 0 amide bonds. The van der Waals surface area contributed by atoms with Gasteiger partial charge < -0.3 is 19.7 Å². The van der Waals surface area contributed by atoms with Gasteiger partial charge in [-0.1, -0.05) is 0 Å². The van der Waals surface area contributed by atoms with E-state index in [9.17, 15) is 0 Å². The van der Waals surface area contributed by atoms with Crippen LogP contribution in [0.25, 0.3) is 0 Å². The molecule has 0 aromatic heterocycles. The Labute approximate surface area is 68.5 Å². The molecule has 2 rings (SSSR count). The van der Waals surface area contributed by atoms with Gasteiger partial charge in [-0.05, 0) is 0 Å². The Morgan fingerprint density at radius 2 is 2.18 bits per heavy atom. The Kier molecular flexibility index (Phi) is 2.07. The summed E-state index contributed by atoms with van der Waals surface area (Å²) in [5.41, 5.74) is 0. The Morgan fingerprint density at radius 3 is 2.91 bits per heavy atom. The number of aliphatic hydroxyl groups excluding tert-OH is 1. The highest BCUT2D eigenvalue weighted by Crippen LogP contribution is 2.35. The molecule has 2 heterocycles. The minimum absolute atomic E-state index is 0.0619. The second kappa shape index (κ2) is 2.91. The summed E-state index contributed by atoms with van der Waals surface area (Å²) >= 11 is 1.58. The van der Waals surface area contributed by atoms with E-state index < -0.39 is 12.4 Å². The van der Waals surface area contributed by atoms with Gasteiger partial charge in [0.1, 0.15) is 6.10 Å². The first-order valence-corrected chi connectivity index (χ1v) is 4.55. The van der Waals surface area contributed by atoms with Crippen LogP contribution in [-0.4, -0.2) is 46.5 Å². The minimum atomic E-state index is -1.38. The Bertz CT molecular complexity index is 152. The number of rotatable bonds is 1. The number of aliphatic hydroxyl groups is 2. The van der Waals surface area contributed by atoms with Gasteiger partial charge in [0.25, 0.3) is 0 Å². The van der Waals surface area contributed by atoms with Gasteiger partial charge in [0.15, 0.2) is 6.29 Å². The number of hydrogen-bond donors (Lipinski definition) is 2. The van der Waals surface area contributed by atoms with Gasteiger partial charge in [-0.3, -0.25) is 0 Å². The molecule has 5 heteroatoms. The molecule has 0 aromatic rings. The third-order valence-corrected chi connectivity index (χ3v) is 3.21. The van der Waals surface area contributed by atoms with Crippen LogP contribution in [0.15, 0.2) is 0 Å². The lowest BCUT2D eigenvalue weighted by Crippen LogP contribution is -2.34. The maximum Gasteiger partial charge on any atom is 0.179 e. The van der Waals surface area contributed by atoms with Gasteiger partial charge in [-0.2, -0.15) is 0 Å². The van der Waals surface area contributed by atoms with Gasteiger partial charge in [-0.25, -0.2) is 0 Å². The molecule has 64 valence electrons. The first kappa shape index (κ1) is 7.82. The van der Waals surface area contributed by atoms with Crippen molar-refractivity contribution in [2.45, 2.75) is 23.7 Å². The molecule has 2 fully saturated rings. The molecule has 2 saturated heterocycles. The molecule has 0 bridgehead atoms. The number of fused-ring (bicyclic) bond motifs is 1. The first-order valence-electron chi connectivity index (χ1n) is 3.50. The minimum Gasteiger partial charge on any atom is -0.369 e. The van der Waals surface area contributed by atoms with Gasteiger partial charge in [0, 0.05) is 0 Å². The smallest absolute Gasteiger partial charge is 0.179 e. The van der Waals surface area contributed by atoms with Crippen molar-refractivity contribution in [2.75, 3.05) is 12.5 Å². The highest BCUT2D eigenvalue weighted by atomic mass is 32.2. The Morgan fingerprint density at radius 1 is 1.36 bits per heavy atom. The normalized spacial score (nSPS) is 43.4. The van der Waals surface area contributed by atoms with Crippen molar-refractivity contribution >= 4 is 11.8 Å². The van der Waals surface area contributed by atoms with E-state index in [1.807, 2.05) is 0 Å². The van der Waals surface area contributed by atoms with Crippen LogP contribution in [0, 0.1) is 0 Å². The quantitative estimate of drug-likeness (QED) is 0.512. The second-order valence-corrected chi connectivity index (χ2v) is 3.78. The molecule has 11 heavy (non-hydrogen) atoms. The third-order valence-electron chi connectivity index (χ3n) is 1.98. The first-order chi connectivity index (χ1) is 5.29. The molecule has 0 radical (unpaired) electrons. The van der Waals surface area contributed by atoms with E-state index >= 15 is 0 Å². The van der Waals surface area contributed by atoms with Gasteiger partial charge >= 0.3 is 0 Å². The van der Waals surface area contributed by atoms with Crippen molar-refractivity contribution in [3.05, 3.63) is 0 Å². The van der Waals surface area contributed by atoms with E-state index in [2.05, 4.69) is 0 Å². The highest BCUT2D eigenvalue weighted by molar-refractivity contribution is 8.00. The van der Waals surface area contributed by atoms with Crippen LogP contribution >= 0.6 is 11.8 Å². The monoisotopic (exact) mass is 178 g/mol. The predicted octanol–water partition coefficient (Wildman–Crippen LogP) is -0.846. The molecule has 0 aromatic carbocycles. The Hall–Kier alpha value is 0.190. The fourth-order valence-electron chi connectivity index (χ4n) is 1.41. The van der Waals surface area contributed by atoms with Crippen molar-refractivity contribution in [2.24, 2.45) is 0 Å². The maximum absolute atomic E-state index is 8.86. The van der Waals surface area contributed by atoms with Crippen molar-refractivity contribution in [3.8, 4) is 0 Å². The van der Waals surface area contributed by atoms with Gasteiger partial charge in [0.2, 0.25) is 0 Å². The molecule has 2 N–H and O–H groups in total. The highest BCUT2D eigenvalue weighted by Gasteiger charge is 2.45. The van der Waals surface area contributed by atoms with Crippen LogP contribution < -0.4 is 0 Å². The van der Waals surface area contributed by atoms with Crippen LogP contribution in [0.3, 0.4) is 0 Å². The molecule has 0 saturated carbocycles. The lowest BCUT2D eigenvalue weighted by atomic mass is 10.2. The summed E-state index contributed by atoms with van der Waals surface area (Å²) in [6, 6.07) is 0. The van der Waals surface area contributed by atoms with Gasteiger partial charge in [-0.15, -0.1) is 11.8 Å². The lowest BCUT2D eigenvalue weighted by Gasteiger charge is -2.16. The van der Waals surface area contributed by atoms with Crippen molar-refractivity contribution < 1.29 is 19.7 Å². The maximum atomic E-state index is 8.86. The largest absolute Gasteiger partial charge is 0.369 e. The van der Waals surface area contributed by atoms with Crippen LogP contribution in [0.4, 0.5) is 0 Å². The summed E-state index contributed by atoms with van der Waals surface area (Å²) < 4.78 is 10.4. The molecular weight excluding hydrogens is 168 g/mol. The summed E-state index contributed by atoms with van der Waals surface area (Å²) in [7, 11) is 0. The number of ether oxygens (including phenoxy) is 2. The molecule has 2 aliphatic heterocycles. The average molecular weight is 178 g/mol. The lowest BCUT2D eigenvalue weighted by molar-refractivity contribution is -0.125. The summed E-state index contributed by atoms with van der Waals surface area (Å²) in [6.45, 7) is 0.486. The van der Waals surface area contributed by atoms with Crippen LogP contribution in [0.2, 0.25) is 0 Å². The average Bonchev–Trinajstić information content (AvgIpc) is 2.41.